The molecular formula is C17H19N3O2. The van der Waals surface area contributed by atoms with E-state index in [0.29, 0.717) is 6.54 Å². The van der Waals surface area contributed by atoms with Gasteiger partial charge in [0.05, 0.1) is 25.3 Å². The molecule has 114 valence electrons. The van der Waals surface area contributed by atoms with Gasteiger partial charge in [0.25, 0.3) is 0 Å². The Morgan fingerprint density at radius 3 is 2.59 bits per heavy atom. The van der Waals surface area contributed by atoms with Crippen LogP contribution in [0.15, 0.2) is 42.5 Å². The summed E-state index contributed by atoms with van der Waals surface area (Å²) in [6, 6.07) is 13.9. The number of benzene rings is 2. The molecule has 2 aromatic carbocycles. The van der Waals surface area contributed by atoms with E-state index < -0.39 is 0 Å². The lowest BCUT2D eigenvalue weighted by Crippen LogP contribution is -2.06. The van der Waals surface area contributed by atoms with Crippen molar-refractivity contribution in [3.8, 4) is 11.5 Å². The number of methoxy groups -OCH3 is 2. The number of nitrogens with zero attached hydrogens (tertiary/aromatic N) is 2. The predicted molar refractivity (Wildman–Crippen MR) is 87.6 cm³/mol. The van der Waals surface area contributed by atoms with Crippen molar-refractivity contribution < 1.29 is 9.47 Å². The molecular weight excluding hydrogens is 278 g/mol. The standard InChI is InChI=1S/C17H19N3O2/c1-20-14-9-5-4-8-13(14)19-17(20)18-11-12-7-6-10-15(21-2)16(12)22-3/h4-10H,11H2,1-3H3,(H,18,19). The average Bonchev–Trinajstić information content (AvgIpc) is 2.89. The van der Waals surface area contributed by atoms with Gasteiger partial charge in [-0.2, -0.15) is 0 Å². The van der Waals surface area contributed by atoms with Gasteiger partial charge in [-0.3, -0.25) is 0 Å². The lowest BCUT2D eigenvalue weighted by molar-refractivity contribution is 0.352. The van der Waals surface area contributed by atoms with Crippen LogP contribution in [0.2, 0.25) is 0 Å². The average molecular weight is 297 g/mol. The Kier molecular flexibility index (Phi) is 3.87. The van der Waals surface area contributed by atoms with Crippen molar-refractivity contribution in [1.29, 1.82) is 0 Å². The third-order valence-electron chi connectivity index (χ3n) is 3.71. The molecule has 0 radical (unpaired) electrons. The van der Waals surface area contributed by atoms with Crippen LogP contribution in [-0.4, -0.2) is 23.8 Å². The van der Waals surface area contributed by atoms with Gasteiger partial charge in [-0.15, -0.1) is 0 Å². The molecule has 0 amide bonds. The Labute approximate surface area is 129 Å². The molecule has 0 aliphatic rings. The third kappa shape index (κ3) is 2.45. The number of hydrogen-bond donors (Lipinski definition) is 1. The highest BCUT2D eigenvalue weighted by Crippen LogP contribution is 2.31. The molecule has 0 saturated carbocycles. The molecule has 1 heterocycles. The van der Waals surface area contributed by atoms with E-state index in [2.05, 4.69) is 16.4 Å². The number of fused-ring (bicyclic) bond motifs is 1. The summed E-state index contributed by atoms with van der Waals surface area (Å²) in [4.78, 5) is 4.61. The van der Waals surface area contributed by atoms with Crippen molar-refractivity contribution in [3.05, 3.63) is 48.0 Å². The summed E-state index contributed by atoms with van der Waals surface area (Å²) >= 11 is 0. The zero-order valence-electron chi connectivity index (χ0n) is 13.0. The van der Waals surface area contributed by atoms with E-state index >= 15 is 0 Å². The van der Waals surface area contributed by atoms with Gasteiger partial charge in [0.1, 0.15) is 0 Å². The highest BCUT2D eigenvalue weighted by Gasteiger charge is 2.11. The molecule has 1 N–H and O–H groups in total. The van der Waals surface area contributed by atoms with Crippen molar-refractivity contribution in [3.63, 3.8) is 0 Å². The van der Waals surface area contributed by atoms with Crippen LogP contribution in [0.1, 0.15) is 5.56 Å². The van der Waals surface area contributed by atoms with Crippen LogP contribution >= 0.6 is 0 Å². The zero-order valence-corrected chi connectivity index (χ0v) is 13.0. The lowest BCUT2D eigenvalue weighted by Gasteiger charge is -2.13. The number of anilines is 1. The van der Waals surface area contributed by atoms with Crippen LogP contribution < -0.4 is 14.8 Å². The molecule has 3 rings (SSSR count). The summed E-state index contributed by atoms with van der Waals surface area (Å²) in [7, 11) is 5.29. The van der Waals surface area contributed by atoms with Crippen LogP contribution in [0.5, 0.6) is 11.5 Å². The van der Waals surface area contributed by atoms with Gasteiger partial charge in [-0.25, -0.2) is 4.98 Å². The first kappa shape index (κ1) is 14.3. The van der Waals surface area contributed by atoms with Crippen LogP contribution in [0.25, 0.3) is 11.0 Å². The molecule has 0 bridgehead atoms. The Hall–Kier alpha value is -2.69. The summed E-state index contributed by atoms with van der Waals surface area (Å²) in [6.07, 6.45) is 0. The molecule has 5 heteroatoms. The number of hydrogen-bond acceptors (Lipinski definition) is 4. The normalized spacial score (nSPS) is 10.7. The minimum absolute atomic E-state index is 0.609. The Morgan fingerprint density at radius 2 is 1.86 bits per heavy atom. The maximum Gasteiger partial charge on any atom is 0.203 e. The van der Waals surface area contributed by atoms with Crippen molar-refractivity contribution >= 4 is 17.0 Å². The van der Waals surface area contributed by atoms with Crippen LogP contribution in [-0.2, 0) is 13.6 Å². The van der Waals surface area contributed by atoms with E-state index in [-0.39, 0.29) is 0 Å². The summed E-state index contributed by atoms with van der Waals surface area (Å²) in [5.41, 5.74) is 3.10. The Bertz CT molecular complexity index is 796. The molecule has 3 aromatic rings. The van der Waals surface area contributed by atoms with Crippen molar-refractivity contribution in [2.45, 2.75) is 6.54 Å². The fraction of sp³-hybridized carbons (Fsp3) is 0.235. The van der Waals surface area contributed by atoms with E-state index in [1.165, 1.54) is 0 Å². The second kappa shape index (κ2) is 5.97. The maximum absolute atomic E-state index is 5.45. The molecule has 0 unspecified atom stereocenters. The molecule has 0 aliphatic heterocycles. The third-order valence-corrected chi connectivity index (χ3v) is 3.71. The molecule has 1 aromatic heterocycles. The second-order valence-corrected chi connectivity index (χ2v) is 4.99. The molecule has 0 fully saturated rings. The second-order valence-electron chi connectivity index (χ2n) is 4.99. The van der Waals surface area contributed by atoms with Gasteiger partial charge in [0.15, 0.2) is 11.5 Å². The van der Waals surface area contributed by atoms with Gasteiger partial charge in [-0.05, 0) is 18.2 Å². The summed E-state index contributed by atoms with van der Waals surface area (Å²) in [6.45, 7) is 0.609. The first-order chi connectivity index (χ1) is 10.7. The van der Waals surface area contributed by atoms with Gasteiger partial charge in [-0.1, -0.05) is 24.3 Å². The number of para-hydroxylation sites is 3. The quantitative estimate of drug-likeness (QED) is 0.785. The maximum atomic E-state index is 5.45. The lowest BCUT2D eigenvalue weighted by atomic mass is 10.2. The fourth-order valence-electron chi connectivity index (χ4n) is 2.57. The van der Waals surface area contributed by atoms with Gasteiger partial charge < -0.3 is 19.4 Å². The number of nitrogens with one attached hydrogen (secondary N) is 1. The smallest absolute Gasteiger partial charge is 0.203 e. The number of imidazole rings is 1. The predicted octanol–water partition coefficient (Wildman–Crippen LogP) is 3.20. The topological polar surface area (TPSA) is 48.3 Å². The highest BCUT2D eigenvalue weighted by molar-refractivity contribution is 5.78. The van der Waals surface area contributed by atoms with Crippen LogP contribution in [0.4, 0.5) is 5.95 Å². The molecule has 0 spiro atoms. The first-order valence-corrected chi connectivity index (χ1v) is 7.09. The monoisotopic (exact) mass is 297 g/mol. The molecule has 0 aliphatic carbocycles. The number of ether oxygens (including phenoxy) is 2. The minimum Gasteiger partial charge on any atom is -0.493 e. The van der Waals surface area contributed by atoms with E-state index in [9.17, 15) is 0 Å². The summed E-state index contributed by atoms with van der Waals surface area (Å²) in [5.74, 6) is 2.30. The largest absolute Gasteiger partial charge is 0.493 e. The van der Waals surface area contributed by atoms with Crippen molar-refractivity contribution in [2.24, 2.45) is 7.05 Å². The van der Waals surface area contributed by atoms with Crippen molar-refractivity contribution in [1.82, 2.24) is 9.55 Å². The number of aromatic nitrogens is 2. The SMILES string of the molecule is COc1cccc(CNc2nc3ccccc3n2C)c1OC. The fourth-order valence-corrected chi connectivity index (χ4v) is 2.57. The first-order valence-electron chi connectivity index (χ1n) is 7.09. The van der Waals surface area contributed by atoms with Crippen LogP contribution in [0.3, 0.4) is 0 Å². The molecule has 22 heavy (non-hydrogen) atoms. The number of aryl methyl sites for hydroxylation is 1. The van der Waals surface area contributed by atoms with E-state index in [1.54, 1.807) is 14.2 Å². The highest BCUT2D eigenvalue weighted by atomic mass is 16.5. The van der Waals surface area contributed by atoms with E-state index in [4.69, 9.17) is 9.47 Å². The van der Waals surface area contributed by atoms with Gasteiger partial charge >= 0.3 is 0 Å². The van der Waals surface area contributed by atoms with Gasteiger partial charge in [0, 0.05) is 19.2 Å². The summed E-state index contributed by atoms with van der Waals surface area (Å²) < 4.78 is 12.8. The van der Waals surface area contributed by atoms with Gasteiger partial charge in [0.2, 0.25) is 5.95 Å². The molecule has 0 atom stereocenters. The molecule has 0 saturated heterocycles. The summed E-state index contributed by atoms with van der Waals surface area (Å²) in [5, 5.41) is 3.36. The zero-order chi connectivity index (χ0) is 15.5. The van der Waals surface area contributed by atoms with E-state index in [1.807, 2.05) is 48.0 Å². The van der Waals surface area contributed by atoms with E-state index in [0.717, 1.165) is 34.0 Å². The van der Waals surface area contributed by atoms with Crippen LogP contribution in [0, 0.1) is 0 Å². The van der Waals surface area contributed by atoms with Crippen molar-refractivity contribution in [2.75, 3.05) is 19.5 Å². The Balaban J connectivity index is 1.87. The molecule has 5 nitrogen and oxygen atoms in total. The Morgan fingerprint density at radius 1 is 1.05 bits per heavy atom. The minimum atomic E-state index is 0.609. The number of rotatable bonds is 5.